The van der Waals surface area contributed by atoms with E-state index in [1.165, 1.54) is 0 Å². The summed E-state index contributed by atoms with van der Waals surface area (Å²) in [6, 6.07) is 29.1. The predicted octanol–water partition coefficient (Wildman–Crippen LogP) is 6.21. The minimum absolute atomic E-state index is 0.00785. The van der Waals surface area contributed by atoms with Crippen molar-refractivity contribution in [1.29, 1.82) is 0 Å². The van der Waals surface area contributed by atoms with Crippen molar-refractivity contribution in [2.75, 3.05) is 19.6 Å². The summed E-state index contributed by atoms with van der Waals surface area (Å²) in [5, 5.41) is 2.78. The zero-order chi connectivity index (χ0) is 27.1. The summed E-state index contributed by atoms with van der Waals surface area (Å²) in [6.07, 6.45) is 0. The number of fused-ring (bicyclic) bond motifs is 2. The Labute approximate surface area is 235 Å². The number of rotatable bonds is 4. The van der Waals surface area contributed by atoms with Gasteiger partial charge in [0.2, 0.25) is 0 Å². The number of nitrogens with zero attached hydrogens (tertiary/aromatic N) is 4. The molecule has 6 nitrogen and oxygen atoms in total. The second kappa shape index (κ2) is 10.4. The largest absolute Gasteiger partial charge is 0.333 e. The summed E-state index contributed by atoms with van der Waals surface area (Å²) in [5.41, 5.74) is 2.10. The van der Waals surface area contributed by atoms with Gasteiger partial charge in [0.05, 0.1) is 22.6 Å². The lowest BCUT2D eigenvalue weighted by Crippen LogP contribution is -2.54. The van der Waals surface area contributed by atoms with E-state index in [2.05, 4.69) is 40.7 Å². The highest BCUT2D eigenvalue weighted by Crippen LogP contribution is 2.27. The Balaban J connectivity index is 1.30. The number of benzene rings is 4. The van der Waals surface area contributed by atoms with Crippen LogP contribution in [0.2, 0.25) is 0 Å². The van der Waals surface area contributed by atoms with Crippen LogP contribution in [0.15, 0.2) is 100 Å². The van der Waals surface area contributed by atoms with Gasteiger partial charge >= 0.3 is 0 Å². The van der Waals surface area contributed by atoms with E-state index >= 15 is 0 Å². The molecule has 7 heteroatoms. The third-order valence-electron chi connectivity index (χ3n) is 7.72. The number of halogens is 1. The number of para-hydroxylation sites is 1. The van der Waals surface area contributed by atoms with Crippen LogP contribution in [-0.4, -0.2) is 50.9 Å². The Bertz CT molecular complexity index is 1750. The number of piperazine rings is 1. The standard InChI is InChI=1S/C32H29BrN4O2/c1-21-20-35(17-18-36(21)31(38)25-12-11-23-7-3-4-8-24(23)19-25)22(2)30-34-29-10-6-5-9-28(29)32(39)37(30)27-15-13-26(33)14-16-27/h3-16,19,21-22H,17-18,20H2,1-2H3. The fourth-order valence-corrected chi connectivity index (χ4v) is 5.82. The van der Waals surface area contributed by atoms with Crippen LogP contribution in [0.5, 0.6) is 0 Å². The number of hydrogen-bond acceptors (Lipinski definition) is 4. The van der Waals surface area contributed by atoms with E-state index < -0.39 is 0 Å². The first-order valence-electron chi connectivity index (χ1n) is 13.2. The Morgan fingerprint density at radius 3 is 2.41 bits per heavy atom. The molecule has 2 heterocycles. The summed E-state index contributed by atoms with van der Waals surface area (Å²) in [7, 11) is 0. The van der Waals surface area contributed by atoms with Crippen LogP contribution in [0.3, 0.4) is 0 Å². The van der Waals surface area contributed by atoms with Gasteiger partial charge in [-0.15, -0.1) is 0 Å². The van der Waals surface area contributed by atoms with Crippen LogP contribution in [0.1, 0.15) is 36.1 Å². The number of aromatic nitrogens is 2. The third-order valence-corrected chi connectivity index (χ3v) is 8.25. The molecule has 0 bridgehead atoms. The van der Waals surface area contributed by atoms with E-state index in [4.69, 9.17) is 4.98 Å². The lowest BCUT2D eigenvalue weighted by atomic mass is 10.0. The molecular formula is C32H29BrN4O2. The molecule has 39 heavy (non-hydrogen) atoms. The summed E-state index contributed by atoms with van der Waals surface area (Å²) in [5.74, 6) is 0.749. The summed E-state index contributed by atoms with van der Waals surface area (Å²) in [4.78, 5) is 36.5. The van der Waals surface area contributed by atoms with Crippen molar-refractivity contribution in [3.63, 3.8) is 0 Å². The van der Waals surface area contributed by atoms with E-state index in [1.54, 1.807) is 4.57 Å². The third kappa shape index (κ3) is 4.77. The maximum atomic E-state index is 13.7. The zero-order valence-corrected chi connectivity index (χ0v) is 23.5. The molecule has 0 radical (unpaired) electrons. The van der Waals surface area contributed by atoms with Gasteiger partial charge in [-0.1, -0.05) is 58.4 Å². The molecule has 1 aliphatic rings. The SMILES string of the molecule is CC(c1nc2ccccc2c(=O)n1-c1ccc(Br)cc1)N1CCN(C(=O)c2ccc3ccccc3c2)C(C)C1. The van der Waals surface area contributed by atoms with Crippen LogP contribution < -0.4 is 5.56 Å². The van der Waals surface area contributed by atoms with Crippen LogP contribution in [0, 0.1) is 0 Å². The maximum Gasteiger partial charge on any atom is 0.266 e. The van der Waals surface area contributed by atoms with Crippen LogP contribution in [-0.2, 0) is 0 Å². The van der Waals surface area contributed by atoms with E-state index in [-0.39, 0.29) is 23.6 Å². The smallest absolute Gasteiger partial charge is 0.266 e. The molecule has 0 spiro atoms. The normalized spacial score (nSPS) is 17.0. The fraction of sp³-hybridized carbons (Fsp3) is 0.219. The minimum atomic E-state index is -0.133. The Morgan fingerprint density at radius 2 is 1.64 bits per heavy atom. The minimum Gasteiger partial charge on any atom is -0.333 e. The quantitative estimate of drug-likeness (QED) is 0.253. The lowest BCUT2D eigenvalue weighted by molar-refractivity contribution is 0.0394. The van der Waals surface area contributed by atoms with Gasteiger partial charge in [-0.2, -0.15) is 0 Å². The van der Waals surface area contributed by atoms with Gasteiger partial charge in [0, 0.05) is 35.7 Å². The Hall–Kier alpha value is -3.81. The summed E-state index contributed by atoms with van der Waals surface area (Å²) in [6.45, 7) is 6.16. The van der Waals surface area contributed by atoms with Crippen LogP contribution in [0.25, 0.3) is 27.4 Å². The molecule has 6 rings (SSSR count). The Kier molecular flexibility index (Phi) is 6.79. The maximum absolute atomic E-state index is 13.7. The van der Waals surface area contributed by atoms with Gasteiger partial charge in [-0.05, 0) is 73.2 Å². The van der Waals surface area contributed by atoms with Crippen LogP contribution in [0.4, 0.5) is 0 Å². The number of carbonyl (C=O) groups is 1. The highest BCUT2D eigenvalue weighted by molar-refractivity contribution is 9.10. The van der Waals surface area contributed by atoms with Gasteiger partial charge in [-0.3, -0.25) is 19.1 Å². The molecule has 5 aromatic rings. The first-order valence-corrected chi connectivity index (χ1v) is 14.0. The van der Waals surface area contributed by atoms with Crippen molar-refractivity contribution < 1.29 is 4.79 Å². The fourth-order valence-electron chi connectivity index (χ4n) is 5.56. The molecule has 0 N–H and O–H groups in total. The topological polar surface area (TPSA) is 58.4 Å². The predicted molar refractivity (Wildman–Crippen MR) is 159 cm³/mol. The molecule has 1 fully saturated rings. The van der Waals surface area contributed by atoms with Crippen molar-refractivity contribution >= 4 is 43.5 Å². The average molecular weight is 582 g/mol. The van der Waals surface area contributed by atoms with Crippen molar-refractivity contribution in [3.05, 3.63) is 117 Å². The zero-order valence-electron chi connectivity index (χ0n) is 21.9. The van der Waals surface area contributed by atoms with Gasteiger partial charge in [0.1, 0.15) is 5.82 Å². The van der Waals surface area contributed by atoms with E-state index in [1.807, 2.05) is 89.8 Å². The van der Waals surface area contributed by atoms with E-state index in [0.717, 1.165) is 20.9 Å². The van der Waals surface area contributed by atoms with E-state index in [0.29, 0.717) is 41.9 Å². The average Bonchev–Trinajstić information content (AvgIpc) is 2.96. The molecule has 1 saturated heterocycles. The molecule has 2 atom stereocenters. The first kappa shape index (κ1) is 25.5. The van der Waals surface area contributed by atoms with Crippen molar-refractivity contribution in [3.8, 4) is 5.69 Å². The Morgan fingerprint density at radius 1 is 0.923 bits per heavy atom. The monoisotopic (exact) mass is 580 g/mol. The van der Waals surface area contributed by atoms with Gasteiger partial charge in [0.15, 0.2) is 0 Å². The summed E-state index contributed by atoms with van der Waals surface area (Å²) >= 11 is 3.50. The molecule has 2 unspecified atom stereocenters. The van der Waals surface area contributed by atoms with Gasteiger partial charge in [0.25, 0.3) is 11.5 Å². The second-order valence-electron chi connectivity index (χ2n) is 10.2. The molecular weight excluding hydrogens is 552 g/mol. The molecule has 1 aromatic heterocycles. The van der Waals surface area contributed by atoms with E-state index in [9.17, 15) is 9.59 Å². The molecule has 1 aliphatic heterocycles. The lowest BCUT2D eigenvalue weighted by Gasteiger charge is -2.42. The van der Waals surface area contributed by atoms with Crippen molar-refractivity contribution in [2.24, 2.45) is 0 Å². The molecule has 0 saturated carbocycles. The summed E-state index contributed by atoms with van der Waals surface area (Å²) < 4.78 is 2.68. The van der Waals surface area contributed by atoms with Crippen LogP contribution >= 0.6 is 15.9 Å². The molecule has 4 aromatic carbocycles. The molecule has 0 aliphatic carbocycles. The van der Waals surface area contributed by atoms with Gasteiger partial charge in [-0.25, -0.2) is 4.98 Å². The number of amides is 1. The molecule has 1 amide bonds. The van der Waals surface area contributed by atoms with Gasteiger partial charge < -0.3 is 4.90 Å². The second-order valence-corrected chi connectivity index (χ2v) is 11.1. The molecule has 196 valence electrons. The number of carbonyl (C=O) groups excluding carboxylic acids is 1. The highest BCUT2D eigenvalue weighted by atomic mass is 79.9. The number of hydrogen-bond donors (Lipinski definition) is 0. The van der Waals surface area contributed by atoms with Crippen molar-refractivity contribution in [1.82, 2.24) is 19.4 Å². The highest BCUT2D eigenvalue weighted by Gasteiger charge is 2.32. The first-order chi connectivity index (χ1) is 18.9. The van der Waals surface area contributed by atoms with Crippen molar-refractivity contribution in [2.45, 2.75) is 25.9 Å².